The summed E-state index contributed by atoms with van der Waals surface area (Å²) in [5.74, 6) is -2.90. The quantitative estimate of drug-likeness (QED) is 0.0174. The van der Waals surface area contributed by atoms with E-state index in [1.54, 1.807) is 91.0 Å². The highest BCUT2D eigenvalue weighted by molar-refractivity contribution is 5.91. The summed E-state index contributed by atoms with van der Waals surface area (Å²) < 4.78 is 65.7. The Balaban J connectivity index is 1.26. The molecule has 0 aromatic heterocycles. The maximum atomic E-state index is 12.6. The van der Waals surface area contributed by atoms with E-state index in [9.17, 15) is 28.8 Å². The van der Waals surface area contributed by atoms with Crippen LogP contribution in [-0.4, -0.2) is 211 Å². The number of nitrogens with one attached hydrogen (secondary N) is 3. The summed E-state index contributed by atoms with van der Waals surface area (Å²) in [4.78, 5) is 83.9. The number of amides is 3. The minimum absolute atomic E-state index is 0.0167. The summed E-state index contributed by atoms with van der Waals surface area (Å²) >= 11 is 0. The van der Waals surface area contributed by atoms with Gasteiger partial charge in [-0.15, -0.1) is 0 Å². The van der Waals surface area contributed by atoms with Gasteiger partial charge in [0.1, 0.15) is 6.61 Å². The lowest BCUT2D eigenvalue weighted by Gasteiger charge is -2.29. The second kappa shape index (κ2) is 43.9. The summed E-state index contributed by atoms with van der Waals surface area (Å²) in [7, 11) is 0. The van der Waals surface area contributed by atoms with E-state index in [1.807, 2.05) is 0 Å². The molecule has 0 unspecified atom stereocenters. The van der Waals surface area contributed by atoms with Gasteiger partial charge in [-0.25, -0.2) is 14.4 Å². The van der Waals surface area contributed by atoms with Gasteiger partial charge in [0.05, 0.1) is 154 Å². The van der Waals surface area contributed by atoms with Crippen LogP contribution in [-0.2, 0) is 81.0 Å². The summed E-state index contributed by atoms with van der Waals surface area (Å²) in [6.07, 6.45) is 0.103. The summed E-state index contributed by atoms with van der Waals surface area (Å²) in [6.45, 7) is 1.73. The Morgan fingerprint density at radius 2 is 0.744 bits per heavy atom. The second-order valence-corrected chi connectivity index (χ2v) is 16.5. The van der Waals surface area contributed by atoms with Gasteiger partial charge in [0.2, 0.25) is 17.7 Å². The Labute approximate surface area is 454 Å². The first-order valence-corrected chi connectivity index (χ1v) is 25.5. The number of carbonyl (C=O) groups is 6. The average molecular weight is 1110 g/mol. The number of carbonyl (C=O) groups excluding carboxylic acids is 6. The topological polar surface area (TPSA) is 314 Å². The lowest BCUT2D eigenvalue weighted by atomic mass is 10.1. The SMILES string of the molecule is N[C@@](COCCC(=O)NCCOCCOCCO)(COCCC(=O)NCCOCCOCCOOC(=O)c1ccccc1)COCCC(=O)NCCOCCOCCOC(OC(=O)c1ccccc1)OC(=O)c1ccccc1. The van der Waals surface area contributed by atoms with Crippen molar-refractivity contribution in [3.05, 3.63) is 108 Å². The van der Waals surface area contributed by atoms with Gasteiger partial charge < -0.3 is 83.6 Å². The zero-order valence-electron chi connectivity index (χ0n) is 44.0. The van der Waals surface area contributed by atoms with Gasteiger partial charge in [-0.3, -0.25) is 19.3 Å². The van der Waals surface area contributed by atoms with Crippen LogP contribution >= 0.6 is 0 Å². The van der Waals surface area contributed by atoms with Gasteiger partial charge in [0, 0.05) is 38.9 Å². The monoisotopic (exact) mass is 1100 g/mol. The number of hydrogen-bond acceptors (Lipinski definition) is 22. The van der Waals surface area contributed by atoms with Crippen molar-refractivity contribution in [2.24, 2.45) is 5.73 Å². The van der Waals surface area contributed by atoms with Crippen molar-refractivity contribution in [2.45, 2.75) is 31.3 Å². The van der Waals surface area contributed by atoms with Crippen LogP contribution in [0.15, 0.2) is 91.0 Å². The van der Waals surface area contributed by atoms with Crippen molar-refractivity contribution in [2.75, 3.05) is 158 Å². The van der Waals surface area contributed by atoms with Gasteiger partial charge in [-0.1, -0.05) is 54.6 Å². The summed E-state index contributed by atoms with van der Waals surface area (Å²) in [6, 6.07) is 24.8. The van der Waals surface area contributed by atoms with Crippen LogP contribution in [0.5, 0.6) is 0 Å². The van der Waals surface area contributed by atoms with Crippen LogP contribution in [0.4, 0.5) is 0 Å². The Morgan fingerprint density at radius 3 is 1.13 bits per heavy atom. The van der Waals surface area contributed by atoms with Crippen LogP contribution in [0, 0.1) is 0 Å². The first kappa shape index (κ1) is 66.2. The zero-order chi connectivity index (χ0) is 56.0. The third-order valence-electron chi connectivity index (χ3n) is 10.0. The minimum atomic E-state index is -1.62. The van der Waals surface area contributed by atoms with Crippen LogP contribution in [0.25, 0.3) is 0 Å². The molecule has 0 spiro atoms. The normalized spacial score (nSPS) is 11.9. The molecular weight excluding hydrogens is 1030 g/mol. The molecule has 0 saturated carbocycles. The Morgan fingerprint density at radius 1 is 0.410 bits per heavy atom. The molecule has 0 heterocycles. The molecule has 1 atom stereocenters. The van der Waals surface area contributed by atoms with Gasteiger partial charge in [-0.05, 0) is 36.4 Å². The molecule has 0 aliphatic rings. The van der Waals surface area contributed by atoms with Crippen LogP contribution < -0.4 is 21.7 Å². The fraction of sp³-hybridized carbons (Fsp3) is 0.547. The van der Waals surface area contributed by atoms with E-state index >= 15 is 0 Å². The van der Waals surface area contributed by atoms with Crippen molar-refractivity contribution in [1.29, 1.82) is 0 Å². The van der Waals surface area contributed by atoms with Crippen molar-refractivity contribution in [3.63, 3.8) is 0 Å². The molecule has 0 saturated heterocycles. The number of hydrogen-bond donors (Lipinski definition) is 5. The molecule has 6 N–H and O–H groups in total. The molecule has 3 amide bonds. The highest BCUT2D eigenvalue weighted by atomic mass is 17.2. The zero-order valence-corrected chi connectivity index (χ0v) is 44.0. The molecule has 0 fully saturated rings. The van der Waals surface area contributed by atoms with E-state index in [1.165, 1.54) is 0 Å². The van der Waals surface area contributed by atoms with E-state index in [2.05, 4.69) is 16.0 Å². The standard InChI is InChI=1S/C53H76N4O21/c54-53(40-71-23-16-46(59)55-19-26-65-30-33-68-29-22-58,42-73-25-18-48(61)57-21-28-67-32-35-70-37-39-75-78-51(64)45-14-8-3-9-15-45)41-72-24-17-47(60)56-20-27-66-31-34-69-36-38-74-52(76-49(62)43-10-4-1-5-11-43)77-50(63)44-12-6-2-7-13-44/h1-15,52,58H,16-42,54H2,(H,55,59)(H,56,60)(H,57,61)/t53-/m1/s1. The summed E-state index contributed by atoms with van der Waals surface area (Å²) in [5.41, 5.74) is 6.29. The molecule has 25 heteroatoms. The average Bonchev–Trinajstić information content (AvgIpc) is 3.45. The van der Waals surface area contributed by atoms with Crippen molar-refractivity contribution < 1.29 is 100 Å². The number of benzene rings is 3. The van der Waals surface area contributed by atoms with E-state index in [4.69, 9.17) is 77.5 Å². The molecule has 0 aliphatic carbocycles. The molecule has 78 heavy (non-hydrogen) atoms. The molecule has 3 rings (SSSR count). The van der Waals surface area contributed by atoms with Gasteiger partial charge in [-0.2, -0.15) is 4.89 Å². The molecule has 3 aromatic rings. The number of aliphatic hydroxyl groups is 1. The number of esters is 2. The van der Waals surface area contributed by atoms with Crippen LogP contribution in [0.3, 0.4) is 0 Å². The Hall–Kier alpha value is -6.04. The third kappa shape index (κ3) is 34.0. The third-order valence-corrected chi connectivity index (χ3v) is 10.0. The molecule has 434 valence electrons. The van der Waals surface area contributed by atoms with Gasteiger partial charge in [0.15, 0.2) is 0 Å². The fourth-order valence-corrected chi connectivity index (χ4v) is 6.09. The van der Waals surface area contributed by atoms with Crippen LogP contribution in [0.2, 0.25) is 0 Å². The van der Waals surface area contributed by atoms with E-state index < -0.39 is 29.9 Å². The lowest BCUT2D eigenvalue weighted by Crippen LogP contribution is -2.53. The van der Waals surface area contributed by atoms with Gasteiger partial charge in [0.25, 0.3) is 0 Å². The molecular formula is C53H76N4O21. The highest BCUT2D eigenvalue weighted by Crippen LogP contribution is 2.11. The molecule has 0 bridgehead atoms. The lowest BCUT2D eigenvalue weighted by molar-refractivity contribution is -0.247. The smallest absolute Gasteiger partial charge is 0.373 e. The summed E-state index contributed by atoms with van der Waals surface area (Å²) in [5, 5.41) is 17.0. The molecule has 3 aromatic carbocycles. The van der Waals surface area contributed by atoms with E-state index in [0.717, 1.165) is 0 Å². The maximum absolute atomic E-state index is 12.6. The molecule has 25 nitrogen and oxygen atoms in total. The highest BCUT2D eigenvalue weighted by Gasteiger charge is 2.27. The Bertz CT molecular complexity index is 2010. The number of nitrogens with two attached hydrogens (primary N) is 1. The van der Waals surface area contributed by atoms with Crippen molar-refractivity contribution in [3.8, 4) is 0 Å². The maximum Gasteiger partial charge on any atom is 0.373 e. The van der Waals surface area contributed by atoms with Crippen molar-refractivity contribution >= 4 is 35.6 Å². The van der Waals surface area contributed by atoms with E-state index in [-0.39, 0.29) is 193 Å². The minimum Gasteiger partial charge on any atom is -0.397 e. The largest absolute Gasteiger partial charge is 0.397 e. The predicted octanol–water partition coefficient (Wildman–Crippen LogP) is 1.15. The Kier molecular flexibility index (Phi) is 37.3. The number of ether oxygens (including phenoxy) is 12. The molecule has 0 radical (unpaired) electrons. The van der Waals surface area contributed by atoms with Crippen LogP contribution in [0.1, 0.15) is 50.3 Å². The first-order chi connectivity index (χ1) is 38.1. The molecule has 0 aliphatic heterocycles. The first-order valence-electron chi connectivity index (χ1n) is 25.5. The number of aliphatic hydroxyl groups excluding tert-OH is 1. The fourth-order valence-electron chi connectivity index (χ4n) is 6.09. The van der Waals surface area contributed by atoms with Crippen molar-refractivity contribution in [1.82, 2.24) is 16.0 Å². The number of rotatable bonds is 48. The second-order valence-electron chi connectivity index (χ2n) is 16.5. The van der Waals surface area contributed by atoms with Gasteiger partial charge >= 0.3 is 24.4 Å². The predicted molar refractivity (Wildman–Crippen MR) is 276 cm³/mol. The van der Waals surface area contributed by atoms with E-state index in [0.29, 0.717) is 18.8 Å².